The van der Waals surface area contributed by atoms with Gasteiger partial charge in [0.15, 0.2) is 0 Å². The molecule has 0 aromatic heterocycles. The first-order valence-electron chi connectivity index (χ1n) is 5.76. The summed E-state index contributed by atoms with van der Waals surface area (Å²) in [7, 11) is -1.29. The standard InChI is InChI=1S/C13H17O6P/c1-10-5-7-12(8-6-10)18-13(14)9-11(2)19-20(15,16-3)17-4/h5-9H,1-4H3/b11-9-. The van der Waals surface area contributed by atoms with Gasteiger partial charge >= 0.3 is 13.8 Å². The third-order valence-corrected chi connectivity index (χ3v) is 3.67. The largest absolute Gasteiger partial charge is 0.529 e. The first-order valence-corrected chi connectivity index (χ1v) is 7.22. The highest BCUT2D eigenvalue weighted by Crippen LogP contribution is 2.49. The molecule has 0 spiro atoms. The third-order valence-electron chi connectivity index (χ3n) is 2.26. The third kappa shape index (κ3) is 5.17. The van der Waals surface area contributed by atoms with Crippen LogP contribution in [0.1, 0.15) is 12.5 Å². The van der Waals surface area contributed by atoms with Crippen LogP contribution >= 0.6 is 7.82 Å². The van der Waals surface area contributed by atoms with E-state index in [2.05, 4.69) is 9.05 Å². The molecule has 0 heterocycles. The minimum absolute atomic E-state index is 0.0640. The average Bonchev–Trinajstić information content (AvgIpc) is 2.41. The SMILES string of the molecule is COP(=O)(OC)O/C(C)=C\C(=O)Oc1ccc(C)cc1. The molecule has 0 aliphatic rings. The van der Waals surface area contributed by atoms with E-state index in [4.69, 9.17) is 9.26 Å². The molecule has 0 aliphatic carbocycles. The van der Waals surface area contributed by atoms with Gasteiger partial charge in [-0.1, -0.05) is 17.7 Å². The summed E-state index contributed by atoms with van der Waals surface area (Å²) in [5, 5.41) is 0. The summed E-state index contributed by atoms with van der Waals surface area (Å²) in [5.41, 5.74) is 1.06. The maximum atomic E-state index is 11.7. The second kappa shape index (κ2) is 7.24. The number of ether oxygens (including phenoxy) is 1. The lowest BCUT2D eigenvalue weighted by Gasteiger charge is -2.14. The van der Waals surface area contributed by atoms with Crippen molar-refractivity contribution in [2.75, 3.05) is 14.2 Å². The topological polar surface area (TPSA) is 71.1 Å². The summed E-state index contributed by atoms with van der Waals surface area (Å²) >= 11 is 0. The van der Waals surface area contributed by atoms with Crippen LogP contribution in [0.2, 0.25) is 0 Å². The lowest BCUT2D eigenvalue weighted by Crippen LogP contribution is -2.05. The van der Waals surface area contributed by atoms with Crippen molar-refractivity contribution in [1.82, 2.24) is 0 Å². The van der Waals surface area contributed by atoms with Crippen molar-refractivity contribution >= 4 is 13.8 Å². The van der Waals surface area contributed by atoms with Gasteiger partial charge in [0, 0.05) is 14.2 Å². The van der Waals surface area contributed by atoms with Crippen molar-refractivity contribution in [3.8, 4) is 5.75 Å². The van der Waals surface area contributed by atoms with Crippen molar-refractivity contribution in [1.29, 1.82) is 0 Å². The molecule has 1 aromatic carbocycles. The Hall–Kier alpha value is -1.62. The molecule has 0 N–H and O–H groups in total. The Labute approximate surface area is 117 Å². The van der Waals surface area contributed by atoms with E-state index in [1.807, 2.05) is 19.1 Å². The van der Waals surface area contributed by atoms with Crippen LogP contribution in [0.15, 0.2) is 36.1 Å². The van der Waals surface area contributed by atoms with E-state index in [1.54, 1.807) is 12.1 Å². The molecule has 0 radical (unpaired) electrons. The molecule has 0 amide bonds. The van der Waals surface area contributed by atoms with E-state index >= 15 is 0 Å². The van der Waals surface area contributed by atoms with Gasteiger partial charge in [-0.2, -0.15) is 0 Å². The van der Waals surface area contributed by atoms with Crippen LogP contribution in [0.4, 0.5) is 0 Å². The van der Waals surface area contributed by atoms with Gasteiger partial charge in [-0.05, 0) is 26.0 Å². The van der Waals surface area contributed by atoms with Crippen LogP contribution in [-0.2, 0) is 22.9 Å². The van der Waals surface area contributed by atoms with E-state index < -0.39 is 13.8 Å². The summed E-state index contributed by atoms with van der Waals surface area (Å²) in [5.74, 6) is -0.175. The van der Waals surface area contributed by atoms with Gasteiger partial charge in [-0.3, -0.25) is 9.05 Å². The van der Waals surface area contributed by atoms with Crippen LogP contribution in [0.5, 0.6) is 5.75 Å². The van der Waals surface area contributed by atoms with Crippen molar-refractivity contribution in [2.45, 2.75) is 13.8 Å². The van der Waals surface area contributed by atoms with Crippen LogP contribution < -0.4 is 4.74 Å². The van der Waals surface area contributed by atoms with Gasteiger partial charge in [0.05, 0.1) is 6.08 Å². The van der Waals surface area contributed by atoms with E-state index in [-0.39, 0.29) is 5.76 Å². The van der Waals surface area contributed by atoms with E-state index in [0.29, 0.717) is 5.75 Å². The number of hydrogen-bond donors (Lipinski definition) is 0. The Morgan fingerprint density at radius 2 is 1.70 bits per heavy atom. The molecule has 1 rings (SSSR count). The van der Waals surface area contributed by atoms with Crippen LogP contribution in [-0.4, -0.2) is 20.2 Å². The number of phosphoric ester groups is 1. The Kier molecular flexibility index (Phi) is 5.95. The summed E-state index contributed by atoms with van der Waals surface area (Å²) in [6.07, 6.45) is 1.06. The number of aryl methyl sites for hydroxylation is 1. The molecule has 6 nitrogen and oxygen atoms in total. The zero-order chi connectivity index (χ0) is 15.2. The lowest BCUT2D eigenvalue weighted by molar-refractivity contribution is -0.129. The molecule has 1 aromatic rings. The van der Waals surface area contributed by atoms with Gasteiger partial charge in [0.2, 0.25) is 0 Å². The second-order valence-corrected chi connectivity index (χ2v) is 5.70. The molecule has 110 valence electrons. The summed E-state index contributed by atoms with van der Waals surface area (Å²) in [6, 6.07) is 6.98. The number of esters is 1. The van der Waals surface area contributed by atoms with Gasteiger partial charge in [0.25, 0.3) is 0 Å². The number of carbonyl (C=O) groups excluding carboxylic acids is 1. The smallest absolute Gasteiger partial charge is 0.423 e. The monoisotopic (exact) mass is 300 g/mol. The zero-order valence-corrected chi connectivity index (χ0v) is 12.7. The highest BCUT2D eigenvalue weighted by Gasteiger charge is 2.24. The Morgan fingerprint density at radius 3 is 2.20 bits per heavy atom. The molecular formula is C13H17O6P. The summed E-state index contributed by atoms with van der Waals surface area (Å²) in [6.45, 7) is 3.37. The second-order valence-electron chi connectivity index (χ2n) is 3.89. The molecule has 0 unspecified atom stereocenters. The molecule has 0 saturated heterocycles. The highest BCUT2D eigenvalue weighted by molar-refractivity contribution is 7.48. The van der Waals surface area contributed by atoms with E-state index in [0.717, 1.165) is 11.6 Å². The fourth-order valence-corrected chi connectivity index (χ4v) is 1.97. The quantitative estimate of drug-likeness (QED) is 0.264. The van der Waals surface area contributed by atoms with Crippen molar-refractivity contribution in [3.63, 3.8) is 0 Å². The number of allylic oxidation sites excluding steroid dienone is 1. The molecule has 0 aliphatic heterocycles. The molecule has 20 heavy (non-hydrogen) atoms. The number of phosphoric acid groups is 1. The number of hydrogen-bond acceptors (Lipinski definition) is 6. The molecule has 0 saturated carbocycles. The molecule has 0 bridgehead atoms. The molecular weight excluding hydrogens is 283 g/mol. The van der Waals surface area contributed by atoms with Crippen molar-refractivity contribution in [3.05, 3.63) is 41.7 Å². The zero-order valence-electron chi connectivity index (χ0n) is 11.8. The number of carbonyl (C=O) groups is 1. The maximum Gasteiger partial charge on any atom is 0.529 e. The molecule has 7 heteroatoms. The van der Waals surface area contributed by atoms with Gasteiger partial charge < -0.3 is 9.26 Å². The van der Waals surface area contributed by atoms with Crippen LogP contribution in [0.25, 0.3) is 0 Å². The number of benzene rings is 1. The lowest BCUT2D eigenvalue weighted by atomic mass is 10.2. The maximum absolute atomic E-state index is 11.7. The van der Waals surface area contributed by atoms with E-state index in [9.17, 15) is 9.36 Å². The summed E-state index contributed by atoms with van der Waals surface area (Å²) in [4.78, 5) is 11.6. The van der Waals surface area contributed by atoms with Gasteiger partial charge in [0.1, 0.15) is 11.5 Å². The Bertz CT molecular complexity index is 526. The Morgan fingerprint density at radius 1 is 1.15 bits per heavy atom. The first kappa shape index (κ1) is 16.4. The number of rotatable bonds is 6. The van der Waals surface area contributed by atoms with Crippen molar-refractivity contribution in [2.24, 2.45) is 0 Å². The Balaban J connectivity index is 2.66. The highest BCUT2D eigenvalue weighted by atomic mass is 31.2. The predicted octanol–water partition coefficient (Wildman–Crippen LogP) is 3.22. The van der Waals surface area contributed by atoms with Gasteiger partial charge in [-0.25, -0.2) is 9.36 Å². The van der Waals surface area contributed by atoms with E-state index in [1.165, 1.54) is 21.1 Å². The predicted molar refractivity (Wildman–Crippen MR) is 73.3 cm³/mol. The van der Waals surface area contributed by atoms with Gasteiger partial charge in [-0.15, -0.1) is 0 Å². The fourth-order valence-electron chi connectivity index (χ4n) is 1.27. The van der Waals surface area contributed by atoms with Crippen LogP contribution in [0.3, 0.4) is 0 Å². The molecule has 0 atom stereocenters. The van der Waals surface area contributed by atoms with Crippen LogP contribution in [0, 0.1) is 6.92 Å². The normalized spacial score (nSPS) is 12.1. The summed E-state index contributed by atoms with van der Waals surface area (Å²) < 4.78 is 30.8. The van der Waals surface area contributed by atoms with Crippen molar-refractivity contribution < 1.29 is 27.7 Å². The fraction of sp³-hybridized carbons (Fsp3) is 0.308. The first-order chi connectivity index (χ1) is 9.38. The molecule has 0 fully saturated rings. The minimum atomic E-state index is -3.66. The average molecular weight is 300 g/mol. The minimum Gasteiger partial charge on any atom is -0.423 e.